The van der Waals surface area contributed by atoms with Gasteiger partial charge in [0.15, 0.2) is 5.96 Å². The Kier molecular flexibility index (Phi) is 9.19. The van der Waals surface area contributed by atoms with Gasteiger partial charge in [0.25, 0.3) is 0 Å². The van der Waals surface area contributed by atoms with E-state index in [2.05, 4.69) is 19.9 Å². The Labute approximate surface area is 177 Å². The Bertz CT molecular complexity index is 808. The molecular weight excluding hydrogens is 416 g/mol. The van der Waals surface area contributed by atoms with Crippen molar-refractivity contribution in [3.63, 3.8) is 0 Å². The highest BCUT2D eigenvalue weighted by Crippen LogP contribution is 2.19. The SMILES string of the molecule is CCNC(=NCCNS(=O)(=O)c1cccc(Cl)c1)N1CCC(C(=O)OCC)CC1. The first-order valence-corrected chi connectivity index (χ1v) is 11.7. The topological polar surface area (TPSA) is 100 Å². The highest BCUT2D eigenvalue weighted by Gasteiger charge is 2.27. The van der Waals surface area contributed by atoms with Crippen LogP contribution >= 0.6 is 11.6 Å². The first-order valence-electron chi connectivity index (χ1n) is 9.82. The van der Waals surface area contributed by atoms with Crippen LogP contribution in [0.4, 0.5) is 0 Å². The normalized spacial score (nSPS) is 16.0. The zero-order chi connectivity index (χ0) is 21.3. The van der Waals surface area contributed by atoms with Crippen molar-refractivity contribution in [3.8, 4) is 0 Å². The number of ether oxygens (including phenoxy) is 1. The Hall–Kier alpha value is -1.84. The van der Waals surface area contributed by atoms with E-state index >= 15 is 0 Å². The second kappa shape index (κ2) is 11.4. The summed E-state index contributed by atoms with van der Waals surface area (Å²) in [6.45, 7) is 6.74. The minimum absolute atomic E-state index is 0.0708. The largest absolute Gasteiger partial charge is 0.466 e. The van der Waals surface area contributed by atoms with Crippen LogP contribution in [0.2, 0.25) is 5.02 Å². The summed E-state index contributed by atoms with van der Waals surface area (Å²) in [6.07, 6.45) is 1.43. The van der Waals surface area contributed by atoms with E-state index in [1.807, 2.05) is 13.8 Å². The molecule has 1 fully saturated rings. The molecule has 1 aromatic carbocycles. The first-order chi connectivity index (χ1) is 13.9. The number of carbonyl (C=O) groups is 1. The van der Waals surface area contributed by atoms with Gasteiger partial charge in [-0.25, -0.2) is 13.1 Å². The molecule has 0 saturated carbocycles. The molecule has 1 heterocycles. The van der Waals surface area contributed by atoms with Crippen molar-refractivity contribution in [1.29, 1.82) is 0 Å². The van der Waals surface area contributed by atoms with Crippen LogP contribution in [0.1, 0.15) is 26.7 Å². The van der Waals surface area contributed by atoms with Crippen LogP contribution < -0.4 is 10.0 Å². The Morgan fingerprint density at radius 1 is 1.31 bits per heavy atom. The predicted molar refractivity (Wildman–Crippen MR) is 114 cm³/mol. The minimum atomic E-state index is -3.63. The number of likely N-dealkylation sites (tertiary alicyclic amines) is 1. The fourth-order valence-corrected chi connectivity index (χ4v) is 4.39. The number of rotatable bonds is 8. The van der Waals surface area contributed by atoms with Gasteiger partial charge in [0.1, 0.15) is 0 Å². The molecule has 0 radical (unpaired) electrons. The lowest BCUT2D eigenvalue weighted by Crippen LogP contribution is -2.47. The van der Waals surface area contributed by atoms with E-state index in [-0.39, 0.29) is 23.3 Å². The molecule has 0 amide bonds. The van der Waals surface area contributed by atoms with Gasteiger partial charge < -0.3 is 15.0 Å². The number of halogens is 1. The van der Waals surface area contributed by atoms with Crippen LogP contribution in [0.5, 0.6) is 0 Å². The molecule has 0 unspecified atom stereocenters. The van der Waals surface area contributed by atoms with E-state index in [1.54, 1.807) is 12.1 Å². The lowest BCUT2D eigenvalue weighted by atomic mass is 9.97. The molecular formula is C19H29ClN4O4S. The van der Waals surface area contributed by atoms with E-state index < -0.39 is 10.0 Å². The summed E-state index contributed by atoms with van der Waals surface area (Å²) >= 11 is 5.87. The van der Waals surface area contributed by atoms with Crippen molar-refractivity contribution in [2.75, 3.05) is 39.3 Å². The van der Waals surface area contributed by atoms with Crippen LogP contribution in [0, 0.1) is 5.92 Å². The summed E-state index contributed by atoms with van der Waals surface area (Å²) in [5.74, 6) is 0.514. The van der Waals surface area contributed by atoms with E-state index in [0.717, 1.165) is 5.96 Å². The molecule has 8 nitrogen and oxygen atoms in total. The number of carbonyl (C=O) groups excluding carboxylic acids is 1. The van der Waals surface area contributed by atoms with Crippen molar-refractivity contribution in [2.24, 2.45) is 10.9 Å². The second-order valence-electron chi connectivity index (χ2n) is 6.60. The third-order valence-corrected chi connectivity index (χ3v) is 6.21. The fourth-order valence-electron chi connectivity index (χ4n) is 3.07. The van der Waals surface area contributed by atoms with Crippen molar-refractivity contribution in [3.05, 3.63) is 29.3 Å². The maximum absolute atomic E-state index is 12.3. The number of esters is 1. The van der Waals surface area contributed by atoms with Gasteiger partial charge in [0.05, 0.1) is 24.0 Å². The van der Waals surface area contributed by atoms with E-state index in [9.17, 15) is 13.2 Å². The second-order valence-corrected chi connectivity index (χ2v) is 8.81. The highest BCUT2D eigenvalue weighted by molar-refractivity contribution is 7.89. The van der Waals surface area contributed by atoms with Gasteiger partial charge in [-0.1, -0.05) is 17.7 Å². The van der Waals surface area contributed by atoms with Gasteiger partial charge in [-0.2, -0.15) is 0 Å². The highest BCUT2D eigenvalue weighted by atomic mass is 35.5. The Morgan fingerprint density at radius 2 is 2.03 bits per heavy atom. The zero-order valence-electron chi connectivity index (χ0n) is 16.9. The maximum atomic E-state index is 12.3. The Morgan fingerprint density at radius 3 is 2.66 bits per heavy atom. The van der Waals surface area contributed by atoms with E-state index in [0.29, 0.717) is 50.7 Å². The molecule has 0 aliphatic carbocycles. The molecule has 29 heavy (non-hydrogen) atoms. The van der Waals surface area contributed by atoms with Gasteiger partial charge in [-0.3, -0.25) is 9.79 Å². The number of benzene rings is 1. The lowest BCUT2D eigenvalue weighted by molar-refractivity contribution is -0.149. The van der Waals surface area contributed by atoms with Gasteiger partial charge in [0, 0.05) is 31.2 Å². The third-order valence-electron chi connectivity index (χ3n) is 4.52. The van der Waals surface area contributed by atoms with Gasteiger partial charge in [-0.15, -0.1) is 0 Å². The number of nitrogens with one attached hydrogen (secondary N) is 2. The molecule has 0 spiro atoms. The summed E-state index contributed by atoms with van der Waals surface area (Å²) < 4.78 is 32.3. The molecule has 1 aliphatic heterocycles. The van der Waals surface area contributed by atoms with Crippen LogP contribution in [-0.4, -0.2) is 64.6 Å². The maximum Gasteiger partial charge on any atom is 0.309 e. The van der Waals surface area contributed by atoms with Gasteiger partial charge in [-0.05, 0) is 44.9 Å². The van der Waals surface area contributed by atoms with Crippen LogP contribution in [-0.2, 0) is 19.6 Å². The molecule has 2 N–H and O–H groups in total. The molecule has 1 saturated heterocycles. The quantitative estimate of drug-likeness (QED) is 0.275. The van der Waals surface area contributed by atoms with Crippen molar-refractivity contribution >= 4 is 33.6 Å². The average molecular weight is 445 g/mol. The monoisotopic (exact) mass is 444 g/mol. The average Bonchev–Trinajstić information content (AvgIpc) is 2.70. The standard InChI is InChI=1S/C19H29ClN4O4S/c1-3-21-19(24-12-8-15(9-13-24)18(25)28-4-2)22-10-11-23-29(26,27)17-7-5-6-16(20)14-17/h5-7,14-15,23H,3-4,8-13H2,1-2H3,(H,21,22). The predicted octanol–water partition coefficient (Wildman–Crippen LogP) is 1.86. The summed E-state index contributed by atoms with van der Waals surface area (Å²) in [7, 11) is -3.63. The smallest absolute Gasteiger partial charge is 0.309 e. The summed E-state index contributed by atoms with van der Waals surface area (Å²) in [6, 6.07) is 6.12. The number of aliphatic imine (C=N–C) groups is 1. The van der Waals surface area contributed by atoms with Crippen LogP contribution in [0.3, 0.4) is 0 Å². The summed E-state index contributed by atoms with van der Waals surface area (Å²) in [5, 5.41) is 3.59. The third kappa shape index (κ3) is 7.17. The first kappa shape index (κ1) is 23.4. The number of piperidine rings is 1. The van der Waals surface area contributed by atoms with E-state index in [4.69, 9.17) is 16.3 Å². The number of hydrogen-bond donors (Lipinski definition) is 2. The molecule has 0 aromatic heterocycles. The number of guanidine groups is 1. The van der Waals surface area contributed by atoms with Gasteiger partial charge in [0.2, 0.25) is 10.0 Å². The summed E-state index contributed by atoms with van der Waals surface area (Å²) in [4.78, 5) is 18.6. The van der Waals surface area contributed by atoms with Crippen molar-refractivity contribution in [1.82, 2.24) is 14.9 Å². The van der Waals surface area contributed by atoms with Crippen LogP contribution in [0.25, 0.3) is 0 Å². The van der Waals surface area contributed by atoms with Gasteiger partial charge >= 0.3 is 5.97 Å². The summed E-state index contributed by atoms with van der Waals surface area (Å²) in [5.41, 5.74) is 0. The minimum Gasteiger partial charge on any atom is -0.466 e. The van der Waals surface area contributed by atoms with Crippen molar-refractivity contribution < 1.29 is 17.9 Å². The van der Waals surface area contributed by atoms with Crippen molar-refractivity contribution in [2.45, 2.75) is 31.6 Å². The molecule has 162 valence electrons. The number of nitrogens with zero attached hydrogens (tertiary/aromatic N) is 2. The molecule has 1 aromatic rings. The van der Waals surface area contributed by atoms with Crippen LogP contribution in [0.15, 0.2) is 34.2 Å². The molecule has 10 heteroatoms. The number of hydrogen-bond acceptors (Lipinski definition) is 5. The molecule has 0 atom stereocenters. The molecule has 1 aliphatic rings. The van der Waals surface area contributed by atoms with E-state index in [1.165, 1.54) is 12.1 Å². The lowest BCUT2D eigenvalue weighted by Gasteiger charge is -2.33. The zero-order valence-corrected chi connectivity index (χ0v) is 18.4. The fraction of sp³-hybridized carbons (Fsp3) is 0.579. The molecule has 2 rings (SSSR count). The molecule has 0 bridgehead atoms. The Balaban J connectivity index is 1.89. The number of sulfonamides is 1.